The van der Waals surface area contributed by atoms with Gasteiger partial charge < -0.3 is 0 Å². The van der Waals surface area contributed by atoms with Crippen molar-refractivity contribution < 1.29 is 4.79 Å². The molecule has 0 amide bonds. The smallest absolute Gasteiger partial charge is 0.173 e. The molecule has 4 aromatic rings. The molecule has 0 saturated carbocycles. The number of benzene rings is 2. The lowest BCUT2D eigenvalue weighted by Gasteiger charge is -2.12. The highest BCUT2D eigenvalue weighted by molar-refractivity contribution is 7.99. The van der Waals surface area contributed by atoms with Crippen LogP contribution < -0.4 is 0 Å². The summed E-state index contributed by atoms with van der Waals surface area (Å²) in [6.07, 6.45) is 1.83. The van der Waals surface area contributed by atoms with Gasteiger partial charge in [-0.05, 0) is 26.0 Å². The van der Waals surface area contributed by atoms with Crippen molar-refractivity contribution in [3.05, 3.63) is 82.4 Å². The molecule has 0 saturated heterocycles. The van der Waals surface area contributed by atoms with Gasteiger partial charge in [-0.3, -0.25) is 9.36 Å². The van der Waals surface area contributed by atoms with Gasteiger partial charge in [-0.15, -0.1) is 11.3 Å². The fraction of sp³-hybridized carbons (Fsp3) is 0.167. The van der Waals surface area contributed by atoms with Crippen LogP contribution in [0.3, 0.4) is 0 Å². The van der Waals surface area contributed by atoms with Gasteiger partial charge >= 0.3 is 0 Å². The van der Waals surface area contributed by atoms with Gasteiger partial charge in [-0.2, -0.15) is 5.26 Å². The molecule has 7 heteroatoms. The van der Waals surface area contributed by atoms with Gasteiger partial charge in [-0.25, -0.2) is 9.97 Å². The second-order valence-corrected chi connectivity index (χ2v) is 8.94. The summed E-state index contributed by atoms with van der Waals surface area (Å²) in [6, 6.07) is 20.3. The van der Waals surface area contributed by atoms with Crippen LogP contribution in [0.15, 0.2) is 71.3 Å². The van der Waals surface area contributed by atoms with E-state index in [0.29, 0.717) is 10.2 Å². The zero-order valence-electron chi connectivity index (χ0n) is 17.1. The van der Waals surface area contributed by atoms with Crippen molar-refractivity contribution >= 4 is 28.9 Å². The van der Waals surface area contributed by atoms with Gasteiger partial charge in [0.25, 0.3) is 0 Å². The first-order valence-electron chi connectivity index (χ1n) is 9.74. The second-order valence-electron chi connectivity index (χ2n) is 7.11. The summed E-state index contributed by atoms with van der Waals surface area (Å²) >= 11 is 2.69. The van der Waals surface area contributed by atoms with Crippen LogP contribution in [-0.2, 0) is 4.79 Å². The number of ketones is 1. The first-order chi connectivity index (χ1) is 15.1. The molecule has 0 N–H and O–H groups in total. The SMILES string of the molecule is Cc1ccc(-c2cnc(SCC(=O)[C@@H](C#N)c3nc(C)cs3)n2-c2ccccc2)cc1. The van der Waals surface area contributed by atoms with Crippen LogP contribution in [0.1, 0.15) is 22.2 Å². The Bertz CT molecular complexity index is 1240. The van der Waals surface area contributed by atoms with E-state index in [2.05, 4.69) is 51.8 Å². The van der Waals surface area contributed by atoms with E-state index >= 15 is 0 Å². The molecule has 31 heavy (non-hydrogen) atoms. The van der Waals surface area contributed by atoms with E-state index in [9.17, 15) is 10.1 Å². The highest BCUT2D eigenvalue weighted by Crippen LogP contribution is 2.31. The van der Waals surface area contributed by atoms with Gasteiger partial charge in [0, 0.05) is 22.3 Å². The number of thioether (sulfide) groups is 1. The minimum Gasteiger partial charge on any atom is -0.297 e. The van der Waals surface area contributed by atoms with Crippen molar-refractivity contribution in [2.24, 2.45) is 0 Å². The van der Waals surface area contributed by atoms with Gasteiger partial charge in [0.2, 0.25) is 0 Å². The summed E-state index contributed by atoms with van der Waals surface area (Å²) in [4.78, 5) is 21.7. The highest BCUT2D eigenvalue weighted by atomic mass is 32.2. The Kier molecular flexibility index (Phi) is 6.31. The Morgan fingerprint density at radius 3 is 2.55 bits per heavy atom. The third-order valence-electron chi connectivity index (χ3n) is 4.77. The van der Waals surface area contributed by atoms with E-state index in [1.165, 1.54) is 28.7 Å². The summed E-state index contributed by atoms with van der Waals surface area (Å²) in [5.41, 5.74) is 4.98. The van der Waals surface area contributed by atoms with E-state index in [1.807, 2.05) is 48.8 Å². The number of aromatic nitrogens is 3. The molecule has 0 aliphatic rings. The molecule has 1 atom stereocenters. The maximum Gasteiger partial charge on any atom is 0.173 e. The molecule has 2 aromatic heterocycles. The Morgan fingerprint density at radius 2 is 1.90 bits per heavy atom. The van der Waals surface area contributed by atoms with Gasteiger partial charge in [0.15, 0.2) is 16.9 Å². The first-order valence-corrected chi connectivity index (χ1v) is 11.6. The average Bonchev–Trinajstić information content (AvgIpc) is 3.40. The maximum atomic E-state index is 12.8. The van der Waals surface area contributed by atoms with Crippen molar-refractivity contribution in [2.75, 3.05) is 5.75 Å². The standard InChI is InChI=1S/C24H20N4OS2/c1-16-8-10-18(11-9-16)21-13-26-24(28(21)19-6-4-3-5-7-19)31-15-22(29)20(12-25)23-27-17(2)14-30-23/h3-11,13-14,20H,15H2,1-2H3/t20-/m1/s1. The van der Waals surface area contributed by atoms with Crippen LogP contribution in [0, 0.1) is 25.2 Å². The lowest BCUT2D eigenvalue weighted by Crippen LogP contribution is -2.13. The average molecular weight is 445 g/mol. The molecule has 0 radical (unpaired) electrons. The van der Waals surface area contributed by atoms with E-state index in [-0.39, 0.29) is 11.5 Å². The summed E-state index contributed by atoms with van der Waals surface area (Å²) in [7, 11) is 0. The highest BCUT2D eigenvalue weighted by Gasteiger charge is 2.24. The Hall–Kier alpha value is -3.21. The number of carbonyl (C=O) groups is 1. The van der Waals surface area contributed by atoms with Crippen molar-refractivity contribution in [2.45, 2.75) is 24.9 Å². The number of thiazole rings is 1. The number of nitriles is 1. The molecule has 0 fully saturated rings. The van der Waals surface area contributed by atoms with Gasteiger partial charge in [-0.1, -0.05) is 59.8 Å². The van der Waals surface area contributed by atoms with Gasteiger partial charge in [0.05, 0.1) is 23.7 Å². The maximum absolute atomic E-state index is 12.8. The summed E-state index contributed by atoms with van der Waals surface area (Å²) in [5.74, 6) is -0.863. The normalized spacial score (nSPS) is 11.8. The zero-order valence-corrected chi connectivity index (χ0v) is 18.8. The topological polar surface area (TPSA) is 71.6 Å². The Labute approximate surface area is 189 Å². The van der Waals surface area contributed by atoms with E-state index < -0.39 is 5.92 Å². The molecule has 2 aromatic carbocycles. The fourth-order valence-electron chi connectivity index (χ4n) is 3.18. The Balaban J connectivity index is 1.63. The molecule has 0 unspecified atom stereocenters. The number of para-hydroxylation sites is 1. The summed E-state index contributed by atoms with van der Waals surface area (Å²) in [6.45, 7) is 3.91. The number of rotatable bonds is 7. The van der Waals surface area contributed by atoms with Crippen LogP contribution in [0.25, 0.3) is 16.9 Å². The quantitative estimate of drug-likeness (QED) is 0.348. The van der Waals surface area contributed by atoms with Crippen molar-refractivity contribution in [3.63, 3.8) is 0 Å². The number of nitrogens with zero attached hydrogens (tertiary/aromatic N) is 4. The van der Waals surface area contributed by atoms with Crippen LogP contribution in [0.4, 0.5) is 0 Å². The third-order valence-corrected chi connectivity index (χ3v) is 6.77. The molecule has 5 nitrogen and oxygen atoms in total. The molecule has 0 aliphatic carbocycles. The fourth-order valence-corrected chi connectivity index (χ4v) is 4.94. The number of hydrogen-bond donors (Lipinski definition) is 0. The molecule has 0 aliphatic heterocycles. The van der Waals surface area contributed by atoms with Crippen LogP contribution >= 0.6 is 23.1 Å². The number of aryl methyl sites for hydroxylation is 2. The van der Waals surface area contributed by atoms with Crippen molar-refractivity contribution in [3.8, 4) is 23.0 Å². The van der Waals surface area contributed by atoms with Crippen LogP contribution in [0.5, 0.6) is 0 Å². The summed E-state index contributed by atoms with van der Waals surface area (Å²) in [5, 5.41) is 12.7. The molecule has 4 rings (SSSR count). The lowest BCUT2D eigenvalue weighted by atomic mass is 10.1. The second kappa shape index (κ2) is 9.29. The number of Topliss-reactive ketones (excluding diaryl/α,β-unsaturated/α-hetero) is 1. The van der Waals surface area contributed by atoms with Crippen LogP contribution in [0.2, 0.25) is 0 Å². The largest absolute Gasteiger partial charge is 0.297 e. The minimum absolute atomic E-state index is 0.147. The molecular weight excluding hydrogens is 424 g/mol. The van der Waals surface area contributed by atoms with E-state index in [1.54, 1.807) is 0 Å². The van der Waals surface area contributed by atoms with Crippen molar-refractivity contribution in [1.82, 2.24) is 14.5 Å². The minimum atomic E-state index is -0.845. The number of hydrogen-bond acceptors (Lipinski definition) is 6. The van der Waals surface area contributed by atoms with E-state index in [4.69, 9.17) is 0 Å². The van der Waals surface area contributed by atoms with E-state index in [0.717, 1.165) is 22.6 Å². The zero-order chi connectivity index (χ0) is 21.8. The molecular formula is C24H20N4OS2. The third kappa shape index (κ3) is 4.61. The van der Waals surface area contributed by atoms with Gasteiger partial charge in [0.1, 0.15) is 5.01 Å². The summed E-state index contributed by atoms with van der Waals surface area (Å²) < 4.78 is 2.05. The molecule has 2 heterocycles. The number of imidazole rings is 1. The Morgan fingerprint density at radius 1 is 1.16 bits per heavy atom. The first kappa shape index (κ1) is 21.0. The van der Waals surface area contributed by atoms with Crippen molar-refractivity contribution in [1.29, 1.82) is 5.26 Å². The number of carbonyl (C=O) groups excluding carboxylic acids is 1. The predicted octanol–water partition coefficient (Wildman–Crippen LogP) is 5.58. The van der Waals surface area contributed by atoms with Crippen LogP contribution in [-0.4, -0.2) is 26.1 Å². The predicted molar refractivity (Wildman–Crippen MR) is 125 cm³/mol. The lowest BCUT2D eigenvalue weighted by molar-refractivity contribution is -0.116. The molecule has 0 bridgehead atoms. The monoisotopic (exact) mass is 444 g/mol. The molecule has 0 spiro atoms. The molecule has 154 valence electrons.